The SMILES string of the molecule is CC1(C(=O)NCc2ccccc2Cl)CCCC1N. The fraction of sp³-hybridized carbons (Fsp3) is 0.500. The van der Waals surface area contributed by atoms with Crippen molar-refractivity contribution in [2.45, 2.75) is 38.8 Å². The third-order valence-electron chi connectivity index (χ3n) is 3.95. The molecular formula is C14H19ClN2O. The number of nitrogens with one attached hydrogen (secondary N) is 1. The van der Waals surface area contributed by atoms with Gasteiger partial charge in [-0.3, -0.25) is 4.79 Å². The molecule has 1 aliphatic carbocycles. The van der Waals surface area contributed by atoms with Crippen LogP contribution in [0.3, 0.4) is 0 Å². The smallest absolute Gasteiger partial charge is 0.227 e. The van der Waals surface area contributed by atoms with Crippen LogP contribution in [0.5, 0.6) is 0 Å². The molecule has 4 heteroatoms. The number of hydrogen-bond donors (Lipinski definition) is 2. The summed E-state index contributed by atoms with van der Waals surface area (Å²) in [6, 6.07) is 7.49. The van der Waals surface area contributed by atoms with Crippen LogP contribution in [0.15, 0.2) is 24.3 Å². The average molecular weight is 267 g/mol. The van der Waals surface area contributed by atoms with Crippen molar-refractivity contribution in [2.75, 3.05) is 0 Å². The van der Waals surface area contributed by atoms with Gasteiger partial charge in [-0.05, 0) is 31.4 Å². The summed E-state index contributed by atoms with van der Waals surface area (Å²) in [5.41, 5.74) is 6.53. The fourth-order valence-electron chi connectivity index (χ4n) is 2.49. The first kappa shape index (κ1) is 13.4. The van der Waals surface area contributed by atoms with Crippen molar-refractivity contribution in [3.63, 3.8) is 0 Å². The maximum absolute atomic E-state index is 12.2. The zero-order valence-electron chi connectivity index (χ0n) is 10.6. The van der Waals surface area contributed by atoms with Crippen LogP contribution in [0, 0.1) is 5.41 Å². The second-order valence-electron chi connectivity index (χ2n) is 5.19. The zero-order chi connectivity index (χ0) is 13.2. The molecule has 0 bridgehead atoms. The summed E-state index contributed by atoms with van der Waals surface area (Å²) in [7, 11) is 0. The van der Waals surface area contributed by atoms with Crippen LogP contribution in [0.2, 0.25) is 5.02 Å². The normalized spacial score (nSPS) is 27.2. The maximum Gasteiger partial charge on any atom is 0.227 e. The molecule has 1 amide bonds. The largest absolute Gasteiger partial charge is 0.351 e. The minimum Gasteiger partial charge on any atom is -0.351 e. The first-order chi connectivity index (χ1) is 8.54. The number of rotatable bonds is 3. The molecule has 3 nitrogen and oxygen atoms in total. The minimum absolute atomic E-state index is 0.0346. The van der Waals surface area contributed by atoms with Crippen LogP contribution in [-0.4, -0.2) is 11.9 Å². The molecule has 0 radical (unpaired) electrons. The van der Waals surface area contributed by atoms with E-state index in [9.17, 15) is 4.79 Å². The molecule has 2 atom stereocenters. The number of carbonyl (C=O) groups is 1. The summed E-state index contributed by atoms with van der Waals surface area (Å²) in [6.45, 7) is 2.41. The molecule has 1 fully saturated rings. The van der Waals surface area contributed by atoms with Crippen LogP contribution in [-0.2, 0) is 11.3 Å². The Kier molecular flexibility index (Phi) is 3.93. The topological polar surface area (TPSA) is 55.1 Å². The van der Waals surface area contributed by atoms with Crippen molar-refractivity contribution < 1.29 is 4.79 Å². The molecule has 98 valence electrons. The van der Waals surface area contributed by atoms with Crippen LogP contribution < -0.4 is 11.1 Å². The third kappa shape index (κ3) is 2.52. The van der Waals surface area contributed by atoms with Gasteiger partial charge in [-0.1, -0.05) is 36.2 Å². The van der Waals surface area contributed by atoms with Gasteiger partial charge in [0.1, 0.15) is 0 Å². The summed E-state index contributed by atoms with van der Waals surface area (Å²) in [5.74, 6) is 0.0346. The monoisotopic (exact) mass is 266 g/mol. The highest BCUT2D eigenvalue weighted by Crippen LogP contribution is 2.36. The molecule has 3 N–H and O–H groups in total. The van der Waals surface area contributed by atoms with E-state index in [1.807, 2.05) is 31.2 Å². The molecule has 18 heavy (non-hydrogen) atoms. The van der Waals surface area contributed by atoms with Crippen molar-refractivity contribution in [3.8, 4) is 0 Å². The quantitative estimate of drug-likeness (QED) is 0.883. The number of amides is 1. The second kappa shape index (κ2) is 5.29. The van der Waals surface area contributed by atoms with Gasteiger partial charge < -0.3 is 11.1 Å². The van der Waals surface area contributed by atoms with Gasteiger partial charge >= 0.3 is 0 Å². The van der Waals surface area contributed by atoms with Crippen molar-refractivity contribution in [3.05, 3.63) is 34.9 Å². The van der Waals surface area contributed by atoms with Gasteiger partial charge in [-0.2, -0.15) is 0 Å². The highest BCUT2D eigenvalue weighted by molar-refractivity contribution is 6.31. The molecule has 2 unspecified atom stereocenters. The molecule has 1 aromatic carbocycles. The number of hydrogen-bond acceptors (Lipinski definition) is 2. The summed E-state index contributed by atoms with van der Waals surface area (Å²) in [4.78, 5) is 12.2. The van der Waals surface area contributed by atoms with Gasteiger partial charge in [0.05, 0.1) is 5.41 Å². The highest BCUT2D eigenvalue weighted by Gasteiger charge is 2.42. The third-order valence-corrected chi connectivity index (χ3v) is 4.31. The van der Waals surface area contributed by atoms with Gasteiger partial charge in [-0.15, -0.1) is 0 Å². The van der Waals surface area contributed by atoms with E-state index in [2.05, 4.69) is 5.32 Å². The lowest BCUT2D eigenvalue weighted by Gasteiger charge is -2.27. The lowest BCUT2D eigenvalue weighted by Crippen LogP contribution is -2.47. The van der Waals surface area contributed by atoms with Crippen molar-refractivity contribution >= 4 is 17.5 Å². The van der Waals surface area contributed by atoms with E-state index in [0.29, 0.717) is 11.6 Å². The van der Waals surface area contributed by atoms with Crippen LogP contribution in [0.4, 0.5) is 0 Å². The number of carbonyl (C=O) groups excluding carboxylic acids is 1. The van der Waals surface area contributed by atoms with Gasteiger partial charge in [0, 0.05) is 17.6 Å². The first-order valence-electron chi connectivity index (χ1n) is 6.31. The van der Waals surface area contributed by atoms with Gasteiger partial charge in [0.25, 0.3) is 0 Å². The van der Waals surface area contributed by atoms with E-state index < -0.39 is 5.41 Å². The lowest BCUT2D eigenvalue weighted by atomic mass is 9.84. The van der Waals surface area contributed by atoms with Gasteiger partial charge in [0.2, 0.25) is 5.91 Å². The van der Waals surface area contributed by atoms with Crippen molar-refractivity contribution in [1.82, 2.24) is 5.32 Å². The molecule has 0 saturated heterocycles. The Bertz CT molecular complexity index is 449. The average Bonchev–Trinajstić information content (AvgIpc) is 2.69. The van der Waals surface area contributed by atoms with E-state index in [0.717, 1.165) is 24.8 Å². The molecule has 1 saturated carbocycles. The van der Waals surface area contributed by atoms with E-state index in [1.54, 1.807) is 0 Å². The van der Waals surface area contributed by atoms with E-state index in [-0.39, 0.29) is 11.9 Å². The maximum atomic E-state index is 12.2. The predicted octanol–water partition coefficient (Wildman–Crippen LogP) is 2.47. The number of benzene rings is 1. The van der Waals surface area contributed by atoms with Crippen LogP contribution >= 0.6 is 11.6 Å². The molecule has 0 heterocycles. The minimum atomic E-state index is -0.429. The summed E-state index contributed by atoms with van der Waals surface area (Å²) in [6.07, 6.45) is 2.82. The summed E-state index contributed by atoms with van der Waals surface area (Å²) < 4.78 is 0. The Morgan fingerprint density at radius 3 is 2.89 bits per heavy atom. The summed E-state index contributed by atoms with van der Waals surface area (Å²) >= 11 is 6.05. The molecule has 1 aromatic rings. The Hall–Kier alpha value is -1.06. The van der Waals surface area contributed by atoms with Gasteiger partial charge in [-0.25, -0.2) is 0 Å². The van der Waals surface area contributed by atoms with Gasteiger partial charge in [0.15, 0.2) is 0 Å². The molecule has 2 rings (SSSR count). The molecule has 0 spiro atoms. The lowest BCUT2D eigenvalue weighted by molar-refractivity contribution is -0.130. The Morgan fingerprint density at radius 1 is 1.56 bits per heavy atom. The molecule has 1 aliphatic rings. The van der Waals surface area contributed by atoms with Crippen LogP contribution in [0.1, 0.15) is 31.7 Å². The Labute approximate surface area is 113 Å². The van der Waals surface area contributed by atoms with E-state index >= 15 is 0 Å². The van der Waals surface area contributed by atoms with E-state index in [4.69, 9.17) is 17.3 Å². The highest BCUT2D eigenvalue weighted by atomic mass is 35.5. The van der Waals surface area contributed by atoms with Crippen molar-refractivity contribution in [2.24, 2.45) is 11.1 Å². The second-order valence-corrected chi connectivity index (χ2v) is 5.60. The van der Waals surface area contributed by atoms with Crippen LogP contribution in [0.25, 0.3) is 0 Å². The Morgan fingerprint density at radius 2 is 2.28 bits per heavy atom. The molecule has 0 aromatic heterocycles. The molecular weight excluding hydrogens is 248 g/mol. The fourth-order valence-corrected chi connectivity index (χ4v) is 2.70. The number of halogens is 1. The zero-order valence-corrected chi connectivity index (χ0v) is 11.3. The molecule has 0 aliphatic heterocycles. The standard InChI is InChI=1S/C14H19ClN2O/c1-14(8-4-7-12(14)16)13(18)17-9-10-5-2-3-6-11(10)15/h2-3,5-6,12H,4,7-9,16H2,1H3,(H,17,18). The summed E-state index contributed by atoms with van der Waals surface area (Å²) in [5, 5.41) is 3.63. The Balaban J connectivity index is 1.99. The predicted molar refractivity (Wildman–Crippen MR) is 73.2 cm³/mol. The number of nitrogens with two attached hydrogens (primary N) is 1. The van der Waals surface area contributed by atoms with Crippen molar-refractivity contribution in [1.29, 1.82) is 0 Å². The van der Waals surface area contributed by atoms with E-state index in [1.165, 1.54) is 0 Å². The first-order valence-corrected chi connectivity index (χ1v) is 6.69.